The van der Waals surface area contributed by atoms with Gasteiger partial charge in [-0.15, -0.1) is 20.4 Å². The maximum absolute atomic E-state index is 11.4. The summed E-state index contributed by atoms with van der Waals surface area (Å²) in [6.45, 7) is 2.00. The quantitative estimate of drug-likeness (QED) is 0.290. The number of azo groups is 1. The van der Waals surface area contributed by atoms with E-state index in [1.54, 1.807) is 0 Å². The van der Waals surface area contributed by atoms with Crippen molar-refractivity contribution in [1.82, 2.24) is 15.2 Å². The number of aromatic nitrogens is 3. The smallest absolute Gasteiger partial charge is 0.330 e. The molecule has 0 saturated heterocycles. The molecule has 0 atom stereocenters. The van der Waals surface area contributed by atoms with Gasteiger partial charge in [-0.25, -0.2) is 18.2 Å². The SMILES string of the molecule is CCSc1nnc(N=Nc2sc(NS(C)(=O)=O)nc2C=CC(=O)OC)s1. The number of anilines is 1. The zero-order valence-corrected chi connectivity index (χ0v) is 17.1. The Labute approximate surface area is 161 Å². The van der Waals surface area contributed by atoms with Crippen molar-refractivity contribution >= 4 is 71.8 Å². The van der Waals surface area contributed by atoms with Crippen molar-refractivity contribution in [2.45, 2.75) is 11.3 Å². The van der Waals surface area contributed by atoms with Gasteiger partial charge >= 0.3 is 5.97 Å². The number of carbonyl (C=O) groups excluding carboxylic acids is 1. The van der Waals surface area contributed by atoms with E-state index in [1.165, 1.54) is 36.3 Å². The molecule has 2 heterocycles. The Balaban J connectivity index is 2.29. The zero-order valence-electron chi connectivity index (χ0n) is 13.9. The van der Waals surface area contributed by atoms with Crippen molar-refractivity contribution in [2.24, 2.45) is 10.2 Å². The van der Waals surface area contributed by atoms with Crippen molar-refractivity contribution in [3.05, 3.63) is 11.8 Å². The second-order valence-electron chi connectivity index (χ2n) is 4.42. The molecule has 2 aromatic rings. The molecule has 2 aromatic heterocycles. The van der Waals surface area contributed by atoms with Crippen LogP contribution in [0.25, 0.3) is 6.08 Å². The second kappa shape index (κ2) is 9.16. The molecule has 0 unspecified atom stereocenters. The summed E-state index contributed by atoms with van der Waals surface area (Å²) >= 11 is 3.79. The third-order valence-electron chi connectivity index (χ3n) is 2.38. The third-order valence-corrected chi connectivity index (χ3v) is 5.76. The number of hydrogen-bond acceptors (Lipinski definition) is 12. The Morgan fingerprint density at radius 2 is 2.12 bits per heavy atom. The number of nitrogens with zero attached hydrogens (tertiary/aromatic N) is 5. The van der Waals surface area contributed by atoms with E-state index in [0.29, 0.717) is 10.1 Å². The summed E-state index contributed by atoms with van der Waals surface area (Å²) in [6, 6.07) is 0. The molecule has 0 aliphatic rings. The number of nitrogens with one attached hydrogen (secondary N) is 1. The van der Waals surface area contributed by atoms with Gasteiger partial charge in [0.1, 0.15) is 5.69 Å². The van der Waals surface area contributed by atoms with Crippen LogP contribution in [0.15, 0.2) is 20.6 Å². The van der Waals surface area contributed by atoms with E-state index < -0.39 is 16.0 Å². The highest BCUT2D eigenvalue weighted by molar-refractivity contribution is 8.01. The number of rotatable bonds is 8. The van der Waals surface area contributed by atoms with Crippen LogP contribution in [-0.2, 0) is 19.6 Å². The molecule has 0 aliphatic carbocycles. The molecule has 26 heavy (non-hydrogen) atoms. The summed E-state index contributed by atoms with van der Waals surface area (Å²) in [5.74, 6) is 0.285. The van der Waals surface area contributed by atoms with Crippen molar-refractivity contribution < 1.29 is 17.9 Å². The first-order valence-electron chi connectivity index (χ1n) is 6.93. The van der Waals surface area contributed by atoms with Crippen molar-refractivity contribution in [3.63, 3.8) is 0 Å². The molecule has 0 aromatic carbocycles. The van der Waals surface area contributed by atoms with Gasteiger partial charge in [0.05, 0.1) is 13.4 Å². The van der Waals surface area contributed by atoms with Crippen LogP contribution < -0.4 is 4.72 Å². The van der Waals surface area contributed by atoms with Gasteiger partial charge in [0.2, 0.25) is 10.0 Å². The summed E-state index contributed by atoms with van der Waals surface area (Å²) in [6.07, 6.45) is 3.52. The molecule has 0 bridgehead atoms. The molecule has 0 amide bonds. The van der Waals surface area contributed by atoms with Gasteiger partial charge in [-0.1, -0.05) is 41.4 Å². The number of esters is 1. The molecule has 2 rings (SSSR count). The fraction of sp³-hybridized carbons (Fsp3) is 0.333. The van der Waals surface area contributed by atoms with E-state index in [4.69, 9.17) is 0 Å². The number of methoxy groups -OCH3 is 1. The maximum atomic E-state index is 11.4. The van der Waals surface area contributed by atoms with Gasteiger partial charge in [-0.05, 0) is 11.8 Å². The van der Waals surface area contributed by atoms with Crippen LogP contribution in [0, 0.1) is 0 Å². The minimum atomic E-state index is -3.50. The summed E-state index contributed by atoms with van der Waals surface area (Å²) in [4.78, 5) is 15.3. The van der Waals surface area contributed by atoms with Crippen LogP contribution in [0.3, 0.4) is 0 Å². The minimum absolute atomic E-state index is 0.102. The summed E-state index contributed by atoms with van der Waals surface area (Å²) in [7, 11) is -2.26. The van der Waals surface area contributed by atoms with Crippen molar-refractivity contribution in [2.75, 3.05) is 23.8 Å². The second-order valence-corrected chi connectivity index (χ2v) is 9.62. The highest BCUT2D eigenvalue weighted by Crippen LogP contribution is 2.35. The normalized spacial score (nSPS) is 12.1. The van der Waals surface area contributed by atoms with E-state index in [9.17, 15) is 13.2 Å². The van der Waals surface area contributed by atoms with Crippen LogP contribution in [0.2, 0.25) is 0 Å². The minimum Gasteiger partial charge on any atom is -0.466 e. The average molecular weight is 435 g/mol. The first kappa shape index (κ1) is 20.4. The number of thioether (sulfide) groups is 1. The summed E-state index contributed by atoms with van der Waals surface area (Å²) < 4.78 is 30.3. The number of ether oxygens (including phenoxy) is 1. The first-order valence-corrected chi connectivity index (χ1v) is 11.4. The molecule has 0 aliphatic heterocycles. The standard InChI is InChI=1S/C12H14N6O4S4/c1-4-23-12-17-16-11(25-12)15-14-9-7(5-6-8(19)22-2)13-10(24-9)18-26(3,20)21/h5-6H,4H2,1-3H3,(H,13,18). The Hall–Kier alpha value is -1.90. The van der Waals surface area contributed by atoms with Crippen LogP contribution in [0.4, 0.5) is 15.3 Å². The molecular weight excluding hydrogens is 420 g/mol. The first-order chi connectivity index (χ1) is 12.3. The Bertz CT molecular complexity index is 933. The highest BCUT2D eigenvalue weighted by atomic mass is 32.2. The van der Waals surface area contributed by atoms with Crippen LogP contribution in [-0.4, -0.2) is 48.7 Å². The van der Waals surface area contributed by atoms with Crippen LogP contribution in [0.5, 0.6) is 0 Å². The van der Waals surface area contributed by atoms with E-state index in [2.05, 4.69) is 34.9 Å². The topological polar surface area (TPSA) is 136 Å². The summed E-state index contributed by atoms with van der Waals surface area (Å²) in [5.41, 5.74) is 0.267. The van der Waals surface area contributed by atoms with Gasteiger partial charge in [-0.3, -0.25) is 4.72 Å². The van der Waals surface area contributed by atoms with Gasteiger partial charge in [0.15, 0.2) is 14.5 Å². The van der Waals surface area contributed by atoms with Gasteiger partial charge in [0, 0.05) is 6.08 Å². The maximum Gasteiger partial charge on any atom is 0.330 e. The monoisotopic (exact) mass is 434 g/mol. The third kappa shape index (κ3) is 6.44. The molecule has 0 spiro atoms. The highest BCUT2D eigenvalue weighted by Gasteiger charge is 2.13. The molecular formula is C12H14N6O4S4. The lowest BCUT2D eigenvalue weighted by Crippen LogP contribution is -2.09. The Kier molecular flexibility index (Phi) is 7.19. The molecule has 0 radical (unpaired) electrons. The fourth-order valence-electron chi connectivity index (χ4n) is 1.43. The molecule has 14 heteroatoms. The van der Waals surface area contributed by atoms with E-state index in [0.717, 1.165) is 33.8 Å². The van der Waals surface area contributed by atoms with Crippen LogP contribution >= 0.6 is 34.4 Å². The average Bonchev–Trinajstić information content (AvgIpc) is 3.16. The lowest BCUT2D eigenvalue weighted by atomic mass is 10.4. The van der Waals surface area contributed by atoms with Gasteiger partial charge in [0.25, 0.3) is 5.13 Å². The lowest BCUT2D eigenvalue weighted by Gasteiger charge is -1.95. The molecule has 10 nitrogen and oxygen atoms in total. The molecule has 0 fully saturated rings. The Morgan fingerprint density at radius 3 is 2.77 bits per heavy atom. The molecule has 140 valence electrons. The van der Waals surface area contributed by atoms with E-state index >= 15 is 0 Å². The molecule has 0 saturated carbocycles. The van der Waals surface area contributed by atoms with Crippen LogP contribution in [0.1, 0.15) is 12.6 Å². The van der Waals surface area contributed by atoms with Gasteiger partial charge < -0.3 is 4.74 Å². The zero-order chi connectivity index (χ0) is 19.2. The summed E-state index contributed by atoms with van der Waals surface area (Å²) in [5, 5.41) is 16.7. The predicted molar refractivity (Wildman–Crippen MR) is 102 cm³/mol. The number of carbonyl (C=O) groups is 1. The van der Waals surface area contributed by atoms with Crippen molar-refractivity contribution in [3.8, 4) is 0 Å². The molecule has 1 N–H and O–H groups in total. The fourth-order valence-corrected chi connectivity index (χ4v) is 4.60. The number of sulfonamides is 1. The number of hydrogen-bond donors (Lipinski definition) is 1. The number of thiazole rings is 1. The Morgan fingerprint density at radius 1 is 1.35 bits per heavy atom. The largest absolute Gasteiger partial charge is 0.466 e. The van der Waals surface area contributed by atoms with E-state index in [-0.39, 0.29) is 10.8 Å². The van der Waals surface area contributed by atoms with Crippen molar-refractivity contribution in [1.29, 1.82) is 0 Å². The predicted octanol–water partition coefficient (Wildman–Crippen LogP) is 3.08. The van der Waals surface area contributed by atoms with Gasteiger partial charge in [-0.2, -0.15) is 0 Å². The van der Waals surface area contributed by atoms with E-state index in [1.807, 2.05) is 6.92 Å². The lowest BCUT2D eigenvalue weighted by molar-refractivity contribution is -0.134.